The molecular formula is C21H33N3O4. The zero-order valence-electron chi connectivity index (χ0n) is 17.2. The van der Waals surface area contributed by atoms with E-state index in [0.29, 0.717) is 25.3 Å². The van der Waals surface area contributed by atoms with Crippen LogP contribution < -0.4 is 10.1 Å². The van der Waals surface area contributed by atoms with E-state index in [0.717, 1.165) is 44.6 Å². The molecule has 1 aromatic heterocycles. The van der Waals surface area contributed by atoms with Gasteiger partial charge in [0.2, 0.25) is 11.8 Å². The molecule has 0 aromatic carbocycles. The summed E-state index contributed by atoms with van der Waals surface area (Å²) in [5.74, 6) is 0.623. The first-order valence-electron chi connectivity index (χ1n) is 10.3. The average molecular weight is 392 g/mol. The number of aromatic nitrogens is 1. The largest absolute Gasteiger partial charge is 0.481 e. The number of hydrogen-bond acceptors (Lipinski definition) is 6. The molecule has 3 rings (SSSR count). The van der Waals surface area contributed by atoms with E-state index in [4.69, 9.17) is 9.47 Å². The van der Waals surface area contributed by atoms with Gasteiger partial charge >= 0.3 is 0 Å². The molecule has 0 aliphatic carbocycles. The maximum Gasteiger partial charge on any atom is 0.220 e. The maximum atomic E-state index is 12.2. The lowest BCUT2D eigenvalue weighted by molar-refractivity contribution is -0.208. The van der Waals surface area contributed by atoms with E-state index in [1.807, 2.05) is 32.0 Å². The van der Waals surface area contributed by atoms with Crippen LogP contribution in [-0.4, -0.2) is 64.9 Å². The Balaban J connectivity index is 1.62. The summed E-state index contributed by atoms with van der Waals surface area (Å²) >= 11 is 0. The molecule has 0 unspecified atom stereocenters. The van der Waals surface area contributed by atoms with Gasteiger partial charge in [0.1, 0.15) is 6.10 Å². The molecule has 7 nitrogen and oxygen atoms in total. The number of carbonyl (C=O) groups is 1. The highest BCUT2D eigenvalue weighted by molar-refractivity contribution is 5.76. The van der Waals surface area contributed by atoms with Crippen molar-refractivity contribution in [3.05, 3.63) is 23.9 Å². The van der Waals surface area contributed by atoms with Gasteiger partial charge in [-0.05, 0) is 38.7 Å². The van der Waals surface area contributed by atoms with Crippen molar-refractivity contribution in [2.75, 3.05) is 26.8 Å². The van der Waals surface area contributed by atoms with Gasteiger partial charge in [-0.15, -0.1) is 0 Å². The molecule has 1 amide bonds. The van der Waals surface area contributed by atoms with Gasteiger partial charge in [-0.25, -0.2) is 4.98 Å². The fraction of sp³-hybridized carbons (Fsp3) is 0.714. The summed E-state index contributed by atoms with van der Waals surface area (Å²) in [5, 5.41) is 14.3. The topological polar surface area (TPSA) is 83.9 Å². The second-order valence-electron chi connectivity index (χ2n) is 8.23. The second-order valence-corrected chi connectivity index (χ2v) is 8.23. The van der Waals surface area contributed by atoms with Gasteiger partial charge in [0.05, 0.1) is 23.9 Å². The smallest absolute Gasteiger partial charge is 0.220 e. The predicted octanol–water partition coefficient (Wildman–Crippen LogP) is 1.88. The van der Waals surface area contributed by atoms with Crippen molar-refractivity contribution < 1.29 is 19.4 Å². The lowest BCUT2D eigenvalue weighted by atomic mass is 9.73. The minimum absolute atomic E-state index is 0.00244. The molecule has 3 heterocycles. The minimum Gasteiger partial charge on any atom is -0.481 e. The number of nitrogens with zero attached hydrogens (tertiary/aromatic N) is 2. The van der Waals surface area contributed by atoms with Gasteiger partial charge in [-0.2, -0.15) is 0 Å². The molecule has 2 atom stereocenters. The Morgan fingerprint density at radius 3 is 2.82 bits per heavy atom. The van der Waals surface area contributed by atoms with Crippen molar-refractivity contribution in [1.29, 1.82) is 0 Å². The van der Waals surface area contributed by atoms with E-state index in [1.54, 1.807) is 7.11 Å². The summed E-state index contributed by atoms with van der Waals surface area (Å²) in [6.45, 7) is 6.86. The summed E-state index contributed by atoms with van der Waals surface area (Å²) in [6.07, 6.45) is 2.66. The van der Waals surface area contributed by atoms with Crippen molar-refractivity contribution in [2.24, 2.45) is 0 Å². The van der Waals surface area contributed by atoms with Crippen LogP contribution in [0.25, 0.3) is 0 Å². The maximum absolute atomic E-state index is 12.2. The third-order valence-corrected chi connectivity index (χ3v) is 6.09. The molecule has 0 radical (unpaired) electrons. The first-order valence-corrected chi connectivity index (χ1v) is 10.3. The zero-order chi connectivity index (χ0) is 20.2. The molecule has 2 aliphatic rings. The van der Waals surface area contributed by atoms with E-state index in [1.165, 1.54) is 0 Å². The van der Waals surface area contributed by atoms with Crippen LogP contribution in [0.2, 0.25) is 0 Å². The summed E-state index contributed by atoms with van der Waals surface area (Å²) < 4.78 is 11.3. The number of pyridine rings is 1. The SMILES string of the molecule is CCCC(=O)N[C@@]1(C)CCOC2(CCN(Cc3cccc(OC)n3)CC2)[C@@H]1O. The van der Waals surface area contributed by atoms with E-state index in [2.05, 4.69) is 15.2 Å². The van der Waals surface area contributed by atoms with E-state index >= 15 is 0 Å². The van der Waals surface area contributed by atoms with Gasteiger partial charge in [0.15, 0.2) is 0 Å². The summed E-state index contributed by atoms with van der Waals surface area (Å²) in [5.41, 5.74) is -0.261. The lowest BCUT2D eigenvalue weighted by Crippen LogP contribution is -2.69. The van der Waals surface area contributed by atoms with Crippen molar-refractivity contribution >= 4 is 5.91 Å². The van der Waals surface area contributed by atoms with Gasteiger partial charge in [-0.1, -0.05) is 13.0 Å². The highest BCUT2D eigenvalue weighted by Crippen LogP contribution is 2.40. The van der Waals surface area contributed by atoms with Gasteiger partial charge in [0, 0.05) is 38.7 Å². The van der Waals surface area contributed by atoms with Crippen LogP contribution in [0.3, 0.4) is 0 Å². The number of hydrogen-bond donors (Lipinski definition) is 2. The van der Waals surface area contributed by atoms with Crippen molar-refractivity contribution in [3.63, 3.8) is 0 Å². The standard InChI is InChI=1S/C21H33N3O4/c1-4-6-17(25)23-20(2)11-14-28-21(19(20)26)9-12-24(13-10-21)15-16-7-5-8-18(22-16)27-3/h5,7-8,19,26H,4,6,9-15H2,1-3H3,(H,23,25)/t19-,20+/m1/s1. The highest BCUT2D eigenvalue weighted by Gasteiger charge is 2.53. The molecule has 1 aromatic rings. The monoisotopic (exact) mass is 391 g/mol. The van der Waals surface area contributed by atoms with Crippen molar-refractivity contribution in [2.45, 2.75) is 69.7 Å². The van der Waals surface area contributed by atoms with Crippen LogP contribution in [0.4, 0.5) is 0 Å². The minimum atomic E-state index is -0.716. The Morgan fingerprint density at radius 1 is 1.39 bits per heavy atom. The van der Waals surface area contributed by atoms with E-state index in [9.17, 15) is 9.90 Å². The van der Waals surface area contributed by atoms with Gasteiger partial charge < -0.3 is 19.9 Å². The van der Waals surface area contributed by atoms with Crippen LogP contribution in [0.15, 0.2) is 18.2 Å². The molecule has 28 heavy (non-hydrogen) atoms. The van der Waals surface area contributed by atoms with Gasteiger partial charge in [0.25, 0.3) is 0 Å². The number of carbonyl (C=O) groups excluding carboxylic acids is 1. The van der Waals surface area contributed by atoms with Crippen molar-refractivity contribution in [1.82, 2.24) is 15.2 Å². The molecule has 0 saturated carbocycles. The number of aliphatic hydroxyl groups is 1. The quantitative estimate of drug-likeness (QED) is 0.770. The fourth-order valence-electron chi connectivity index (χ4n) is 4.40. The molecule has 2 saturated heterocycles. The number of aliphatic hydroxyl groups excluding tert-OH is 1. The first-order chi connectivity index (χ1) is 13.4. The number of methoxy groups -OCH3 is 1. The van der Waals surface area contributed by atoms with Crippen LogP contribution in [0.5, 0.6) is 5.88 Å². The Hall–Kier alpha value is -1.70. The van der Waals surface area contributed by atoms with E-state index < -0.39 is 17.2 Å². The number of amides is 1. The Labute approximate surface area is 167 Å². The van der Waals surface area contributed by atoms with Crippen LogP contribution >= 0.6 is 0 Å². The van der Waals surface area contributed by atoms with Crippen molar-refractivity contribution in [3.8, 4) is 5.88 Å². The molecular weight excluding hydrogens is 358 g/mol. The Morgan fingerprint density at radius 2 is 2.14 bits per heavy atom. The predicted molar refractivity (Wildman–Crippen MR) is 106 cm³/mol. The number of ether oxygens (including phenoxy) is 2. The molecule has 1 spiro atoms. The van der Waals surface area contributed by atoms with Crippen LogP contribution in [0, 0.1) is 0 Å². The average Bonchev–Trinajstić information content (AvgIpc) is 2.68. The third-order valence-electron chi connectivity index (χ3n) is 6.09. The first kappa shape index (κ1) is 21.0. The Bertz CT molecular complexity index is 675. The van der Waals surface area contributed by atoms with E-state index in [-0.39, 0.29) is 5.91 Å². The number of piperidine rings is 1. The molecule has 156 valence electrons. The number of rotatable bonds is 6. The normalized spacial score (nSPS) is 27.5. The summed E-state index contributed by atoms with van der Waals surface area (Å²) in [6, 6.07) is 5.79. The Kier molecular flexibility index (Phi) is 6.58. The molecule has 2 aliphatic heterocycles. The zero-order valence-corrected chi connectivity index (χ0v) is 17.2. The number of nitrogens with one attached hydrogen (secondary N) is 1. The number of likely N-dealkylation sites (tertiary alicyclic amines) is 1. The highest BCUT2D eigenvalue weighted by atomic mass is 16.5. The summed E-state index contributed by atoms with van der Waals surface area (Å²) in [4.78, 5) is 19.0. The lowest BCUT2D eigenvalue weighted by Gasteiger charge is -2.53. The third kappa shape index (κ3) is 4.47. The fourth-order valence-corrected chi connectivity index (χ4v) is 4.40. The summed E-state index contributed by atoms with van der Waals surface area (Å²) in [7, 11) is 1.62. The second kappa shape index (κ2) is 8.76. The molecule has 7 heteroatoms. The van der Waals surface area contributed by atoms with Gasteiger partial charge in [-0.3, -0.25) is 9.69 Å². The van der Waals surface area contributed by atoms with Crippen LogP contribution in [0.1, 0.15) is 51.6 Å². The molecule has 2 N–H and O–H groups in total. The van der Waals surface area contributed by atoms with Crippen LogP contribution in [-0.2, 0) is 16.1 Å². The molecule has 2 fully saturated rings. The molecule has 0 bridgehead atoms.